The Morgan fingerprint density at radius 2 is 2.46 bits per heavy atom. The molecule has 0 aliphatic heterocycles. The van der Waals surface area contributed by atoms with E-state index in [1.165, 1.54) is 18.5 Å². The van der Waals surface area contributed by atoms with Crippen LogP contribution in [-0.2, 0) is 4.74 Å². The fourth-order valence-corrected chi connectivity index (χ4v) is 0.721. The van der Waals surface area contributed by atoms with E-state index in [9.17, 15) is 4.79 Å². The zero-order valence-corrected chi connectivity index (χ0v) is 6.60. The highest BCUT2D eigenvalue weighted by Gasteiger charge is 2.07. The summed E-state index contributed by atoms with van der Waals surface area (Å²) in [5.41, 5.74) is 0.121. The zero-order valence-electron chi connectivity index (χ0n) is 6.60. The maximum Gasteiger partial charge on any atom is 0.340 e. The van der Waals surface area contributed by atoms with Crippen LogP contribution in [0.5, 0.6) is 5.75 Å². The van der Waals surface area contributed by atoms with Crippen LogP contribution in [0.4, 0.5) is 0 Å². The molecule has 0 saturated carbocycles. The summed E-state index contributed by atoms with van der Waals surface area (Å²) in [5.74, 6) is -0.795. The molecule has 0 unspecified atom stereocenters. The van der Waals surface area contributed by atoms with E-state index in [0.717, 1.165) is 0 Å². The Kier molecular flexibility index (Phi) is 2.82. The van der Waals surface area contributed by atoms with Crippen molar-refractivity contribution in [3.63, 3.8) is 0 Å². The highest BCUT2D eigenvalue weighted by Crippen LogP contribution is 2.09. The molecule has 5 nitrogen and oxygen atoms in total. The Labute approximate surface area is 74.2 Å². The molecule has 1 aromatic heterocycles. The summed E-state index contributed by atoms with van der Waals surface area (Å²) in [6.45, 7) is -0.311. The lowest BCUT2D eigenvalue weighted by Crippen LogP contribution is -2.05. The first-order chi connectivity index (χ1) is 6.24. The van der Waals surface area contributed by atoms with Crippen LogP contribution in [-0.4, -0.2) is 22.7 Å². The maximum absolute atomic E-state index is 11.0. The van der Waals surface area contributed by atoms with Crippen molar-refractivity contribution in [2.75, 3.05) is 6.61 Å². The van der Waals surface area contributed by atoms with Gasteiger partial charge in [-0.25, -0.2) is 4.79 Å². The number of aromatic nitrogens is 1. The van der Waals surface area contributed by atoms with Crippen molar-refractivity contribution in [3.8, 4) is 11.8 Å². The van der Waals surface area contributed by atoms with Crippen LogP contribution in [0, 0.1) is 11.3 Å². The van der Waals surface area contributed by atoms with E-state index in [1.807, 2.05) is 0 Å². The second-order valence-electron chi connectivity index (χ2n) is 2.17. The molecule has 5 heteroatoms. The molecule has 1 N–H and O–H groups in total. The Balaban J connectivity index is 2.72. The van der Waals surface area contributed by atoms with Gasteiger partial charge < -0.3 is 9.84 Å². The number of esters is 1. The molecule has 0 bridgehead atoms. The van der Waals surface area contributed by atoms with Gasteiger partial charge in [0.2, 0.25) is 0 Å². The van der Waals surface area contributed by atoms with E-state index < -0.39 is 5.97 Å². The number of carbonyl (C=O) groups is 1. The van der Waals surface area contributed by atoms with Gasteiger partial charge in [0, 0.05) is 6.20 Å². The first-order valence-corrected chi connectivity index (χ1v) is 3.42. The van der Waals surface area contributed by atoms with Gasteiger partial charge in [0.15, 0.2) is 6.61 Å². The van der Waals surface area contributed by atoms with E-state index in [1.54, 1.807) is 6.07 Å². The molecule has 1 heterocycles. The van der Waals surface area contributed by atoms with Crippen molar-refractivity contribution in [2.45, 2.75) is 0 Å². The van der Waals surface area contributed by atoms with E-state index in [2.05, 4.69) is 9.72 Å². The third-order valence-corrected chi connectivity index (χ3v) is 1.23. The number of hydrogen-bond donors (Lipinski definition) is 1. The number of nitriles is 1. The molecule has 1 rings (SSSR count). The number of carbonyl (C=O) groups excluding carboxylic acids is 1. The second kappa shape index (κ2) is 4.07. The molecule has 0 radical (unpaired) electrons. The van der Waals surface area contributed by atoms with Crippen LogP contribution in [0.15, 0.2) is 18.5 Å². The number of ether oxygens (including phenoxy) is 1. The Bertz CT molecular complexity index is 357. The Morgan fingerprint density at radius 3 is 3.08 bits per heavy atom. The van der Waals surface area contributed by atoms with Crippen molar-refractivity contribution in [1.82, 2.24) is 4.98 Å². The van der Waals surface area contributed by atoms with Gasteiger partial charge in [-0.15, -0.1) is 0 Å². The van der Waals surface area contributed by atoms with Crippen LogP contribution in [0.25, 0.3) is 0 Å². The van der Waals surface area contributed by atoms with E-state index in [4.69, 9.17) is 10.4 Å². The third kappa shape index (κ3) is 2.45. The molecule has 0 atom stereocenters. The molecule has 0 aromatic carbocycles. The summed E-state index contributed by atoms with van der Waals surface area (Å²) < 4.78 is 4.48. The summed E-state index contributed by atoms with van der Waals surface area (Å²) >= 11 is 0. The average molecular weight is 178 g/mol. The van der Waals surface area contributed by atoms with Crippen LogP contribution in [0.1, 0.15) is 10.4 Å². The zero-order chi connectivity index (χ0) is 9.68. The number of pyridine rings is 1. The largest absolute Gasteiger partial charge is 0.506 e. The number of rotatable bonds is 2. The van der Waals surface area contributed by atoms with Gasteiger partial charge in [-0.2, -0.15) is 5.26 Å². The lowest BCUT2D eigenvalue weighted by molar-refractivity contribution is 0.0554. The van der Waals surface area contributed by atoms with Crippen molar-refractivity contribution < 1.29 is 14.6 Å². The number of hydrogen-bond acceptors (Lipinski definition) is 5. The second-order valence-corrected chi connectivity index (χ2v) is 2.17. The minimum absolute atomic E-state index is 0.119. The summed E-state index contributed by atoms with van der Waals surface area (Å²) in [6.07, 6.45) is 2.44. The summed E-state index contributed by atoms with van der Waals surface area (Å²) in [4.78, 5) is 14.6. The fraction of sp³-hybridized carbons (Fsp3) is 0.125. The van der Waals surface area contributed by atoms with E-state index in [-0.39, 0.29) is 17.9 Å². The molecule has 0 amide bonds. The normalized spacial score (nSPS) is 8.85. The van der Waals surface area contributed by atoms with Gasteiger partial charge in [-0.1, -0.05) is 0 Å². The highest BCUT2D eigenvalue weighted by atomic mass is 16.5. The quantitative estimate of drug-likeness (QED) is 0.665. The van der Waals surface area contributed by atoms with E-state index >= 15 is 0 Å². The van der Waals surface area contributed by atoms with Gasteiger partial charge in [0.25, 0.3) is 0 Å². The molecule has 66 valence electrons. The van der Waals surface area contributed by atoms with Crippen molar-refractivity contribution in [1.29, 1.82) is 5.26 Å². The van der Waals surface area contributed by atoms with Crippen LogP contribution >= 0.6 is 0 Å². The lowest BCUT2D eigenvalue weighted by Gasteiger charge is -1.99. The highest BCUT2D eigenvalue weighted by molar-refractivity contribution is 5.89. The third-order valence-electron chi connectivity index (χ3n) is 1.23. The Morgan fingerprint density at radius 1 is 1.69 bits per heavy atom. The van der Waals surface area contributed by atoms with E-state index in [0.29, 0.717) is 0 Å². The van der Waals surface area contributed by atoms with Gasteiger partial charge in [-0.3, -0.25) is 4.98 Å². The molecule has 0 aliphatic carbocycles. The summed E-state index contributed by atoms with van der Waals surface area (Å²) in [5, 5.41) is 17.1. The Hall–Kier alpha value is -2.09. The van der Waals surface area contributed by atoms with Crippen LogP contribution < -0.4 is 0 Å². The first-order valence-electron chi connectivity index (χ1n) is 3.42. The van der Waals surface area contributed by atoms with Crippen molar-refractivity contribution in [3.05, 3.63) is 24.0 Å². The molecule has 0 aliphatic rings. The summed E-state index contributed by atoms with van der Waals surface area (Å²) in [7, 11) is 0. The molecule has 13 heavy (non-hydrogen) atoms. The topological polar surface area (TPSA) is 83.2 Å². The molecular weight excluding hydrogens is 172 g/mol. The molecular formula is C8H6N2O3. The fourth-order valence-electron chi connectivity index (χ4n) is 0.721. The average Bonchev–Trinajstić information content (AvgIpc) is 2.14. The minimum atomic E-state index is -0.676. The molecule has 0 spiro atoms. The smallest absolute Gasteiger partial charge is 0.340 e. The van der Waals surface area contributed by atoms with Gasteiger partial charge in [0.05, 0.1) is 11.8 Å². The van der Waals surface area contributed by atoms with Crippen molar-refractivity contribution >= 4 is 5.97 Å². The SMILES string of the molecule is N#CCOC(=O)c1cncc(O)c1. The predicted octanol–water partition coefficient (Wildman–Crippen LogP) is 0.468. The number of nitrogens with zero attached hydrogens (tertiary/aromatic N) is 2. The maximum atomic E-state index is 11.0. The molecule has 1 aromatic rings. The van der Waals surface area contributed by atoms with Gasteiger partial charge in [0.1, 0.15) is 11.8 Å². The van der Waals surface area contributed by atoms with Gasteiger partial charge >= 0.3 is 5.97 Å². The monoisotopic (exact) mass is 178 g/mol. The van der Waals surface area contributed by atoms with Crippen molar-refractivity contribution in [2.24, 2.45) is 0 Å². The van der Waals surface area contributed by atoms with Crippen LogP contribution in [0.2, 0.25) is 0 Å². The lowest BCUT2D eigenvalue weighted by atomic mass is 10.3. The van der Waals surface area contributed by atoms with Crippen LogP contribution in [0.3, 0.4) is 0 Å². The summed E-state index contributed by atoms with van der Waals surface area (Å²) in [6, 6.07) is 2.87. The minimum Gasteiger partial charge on any atom is -0.506 e. The number of aromatic hydroxyl groups is 1. The predicted molar refractivity (Wildman–Crippen MR) is 41.8 cm³/mol. The first kappa shape index (κ1) is 9.00. The van der Waals surface area contributed by atoms with Gasteiger partial charge in [-0.05, 0) is 6.07 Å². The standard InChI is InChI=1S/C8H6N2O3/c9-1-2-13-8(12)6-3-7(11)5-10-4-6/h3-5,11H,2H2. The molecule has 0 saturated heterocycles. The molecule has 0 fully saturated rings.